The van der Waals surface area contributed by atoms with Gasteiger partial charge in [-0.25, -0.2) is 4.79 Å². The Bertz CT molecular complexity index is 840. The molecule has 1 N–H and O–H groups in total. The number of halogens is 1. The van der Waals surface area contributed by atoms with Gasteiger partial charge >= 0.3 is 5.97 Å². The van der Waals surface area contributed by atoms with Crippen LogP contribution in [0.15, 0.2) is 18.2 Å². The highest BCUT2D eigenvalue weighted by atomic mass is 35.5. The van der Waals surface area contributed by atoms with Crippen LogP contribution in [0.1, 0.15) is 39.0 Å². The average Bonchev–Trinajstić information content (AvgIpc) is 3.19. The second-order valence-electron chi connectivity index (χ2n) is 6.25. The minimum absolute atomic E-state index is 0.428. The van der Waals surface area contributed by atoms with Crippen molar-refractivity contribution in [2.75, 3.05) is 12.4 Å². The van der Waals surface area contributed by atoms with Crippen LogP contribution in [0.5, 0.6) is 5.75 Å². The predicted octanol–water partition coefficient (Wildman–Crippen LogP) is 4.39. The van der Waals surface area contributed by atoms with Crippen LogP contribution in [0.25, 0.3) is 0 Å². The van der Waals surface area contributed by atoms with Gasteiger partial charge in [-0.15, -0.1) is 11.3 Å². The van der Waals surface area contributed by atoms with Crippen molar-refractivity contribution in [3.63, 3.8) is 0 Å². The zero-order valence-corrected chi connectivity index (χ0v) is 16.4. The summed E-state index contributed by atoms with van der Waals surface area (Å²) in [6, 6.07) is 5.24. The highest BCUT2D eigenvalue weighted by molar-refractivity contribution is 7.14. The SMILES string of the molecule is COc1cc(Cl)c(C)cc1NC(=O)[C@H](C)OC(=O)c1cc2c(s1)CCC2. The van der Waals surface area contributed by atoms with Gasteiger partial charge in [-0.2, -0.15) is 0 Å². The number of methoxy groups -OCH3 is 1. The van der Waals surface area contributed by atoms with Crippen LogP contribution < -0.4 is 10.1 Å². The Morgan fingerprint density at radius 1 is 1.27 bits per heavy atom. The van der Waals surface area contributed by atoms with E-state index in [0.29, 0.717) is 21.3 Å². The second-order valence-corrected chi connectivity index (χ2v) is 7.80. The van der Waals surface area contributed by atoms with E-state index in [-0.39, 0.29) is 0 Å². The fourth-order valence-electron chi connectivity index (χ4n) is 2.87. The molecule has 138 valence electrons. The summed E-state index contributed by atoms with van der Waals surface area (Å²) in [6.45, 7) is 3.38. The summed E-state index contributed by atoms with van der Waals surface area (Å²) in [5.41, 5.74) is 2.51. The molecule has 0 radical (unpaired) electrons. The lowest BCUT2D eigenvalue weighted by atomic mass is 10.2. The maximum Gasteiger partial charge on any atom is 0.349 e. The van der Waals surface area contributed by atoms with Gasteiger partial charge in [0, 0.05) is 16.0 Å². The van der Waals surface area contributed by atoms with E-state index in [1.165, 1.54) is 28.9 Å². The summed E-state index contributed by atoms with van der Waals surface area (Å²) < 4.78 is 10.6. The van der Waals surface area contributed by atoms with Gasteiger partial charge in [-0.3, -0.25) is 4.79 Å². The maximum absolute atomic E-state index is 12.4. The van der Waals surface area contributed by atoms with E-state index < -0.39 is 18.0 Å². The van der Waals surface area contributed by atoms with Gasteiger partial charge in [-0.1, -0.05) is 11.6 Å². The zero-order valence-electron chi connectivity index (χ0n) is 14.8. The zero-order chi connectivity index (χ0) is 18.8. The topological polar surface area (TPSA) is 64.6 Å². The summed E-state index contributed by atoms with van der Waals surface area (Å²) in [5, 5.41) is 3.27. The molecule has 0 saturated carbocycles. The molecule has 1 aliphatic carbocycles. The number of hydrogen-bond acceptors (Lipinski definition) is 5. The third-order valence-corrected chi connectivity index (χ3v) is 5.96. The highest BCUT2D eigenvalue weighted by Gasteiger charge is 2.24. The molecule has 2 aromatic rings. The van der Waals surface area contributed by atoms with Gasteiger partial charge in [0.2, 0.25) is 0 Å². The van der Waals surface area contributed by atoms with Crippen LogP contribution in [0.4, 0.5) is 5.69 Å². The van der Waals surface area contributed by atoms with E-state index in [1.807, 2.05) is 13.0 Å². The molecule has 3 rings (SSSR count). The minimum Gasteiger partial charge on any atom is -0.495 e. The summed E-state index contributed by atoms with van der Waals surface area (Å²) in [4.78, 5) is 26.5. The van der Waals surface area contributed by atoms with Crippen molar-refractivity contribution in [2.45, 2.75) is 39.2 Å². The van der Waals surface area contributed by atoms with Crippen molar-refractivity contribution in [3.05, 3.63) is 44.1 Å². The number of esters is 1. The molecule has 26 heavy (non-hydrogen) atoms. The van der Waals surface area contributed by atoms with E-state index >= 15 is 0 Å². The average molecular weight is 394 g/mol. The van der Waals surface area contributed by atoms with Gasteiger partial charge in [0.25, 0.3) is 5.91 Å². The molecule has 1 aliphatic rings. The predicted molar refractivity (Wildman–Crippen MR) is 103 cm³/mol. The number of nitrogens with one attached hydrogen (secondary N) is 1. The number of rotatable bonds is 5. The van der Waals surface area contributed by atoms with Crippen LogP contribution in [-0.4, -0.2) is 25.1 Å². The third-order valence-electron chi connectivity index (χ3n) is 4.34. The first-order chi connectivity index (χ1) is 12.4. The van der Waals surface area contributed by atoms with E-state index in [0.717, 1.165) is 24.8 Å². The molecule has 0 unspecified atom stereocenters. The molecule has 7 heteroatoms. The van der Waals surface area contributed by atoms with Gasteiger partial charge in [0.15, 0.2) is 6.10 Å². The lowest BCUT2D eigenvalue weighted by Gasteiger charge is -2.16. The van der Waals surface area contributed by atoms with E-state index in [9.17, 15) is 9.59 Å². The van der Waals surface area contributed by atoms with Crippen molar-refractivity contribution >= 4 is 40.5 Å². The Hall–Kier alpha value is -2.05. The first-order valence-corrected chi connectivity index (χ1v) is 9.56. The monoisotopic (exact) mass is 393 g/mol. The van der Waals surface area contributed by atoms with Crippen molar-refractivity contribution in [2.24, 2.45) is 0 Å². The molecule has 1 amide bonds. The molecule has 1 atom stereocenters. The lowest BCUT2D eigenvalue weighted by molar-refractivity contribution is -0.123. The van der Waals surface area contributed by atoms with Crippen molar-refractivity contribution in [3.8, 4) is 5.75 Å². The summed E-state index contributed by atoms with van der Waals surface area (Å²) in [7, 11) is 1.50. The van der Waals surface area contributed by atoms with E-state index in [4.69, 9.17) is 21.1 Å². The van der Waals surface area contributed by atoms with E-state index in [2.05, 4.69) is 5.32 Å². The van der Waals surface area contributed by atoms with Crippen molar-refractivity contribution in [1.82, 2.24) is 0 Å². The van der Waals surface area contributed by atoms with Crippen LogP contribution in [-0.2, 0) is 22.4 Å². The number of thiophene rings is 1. The minimum atomic E-state index is -0.930. The Morgan fingerprint density at radius 3 is 2.73 bits per heavy atom. The molecule has 1 aromatic heterocycles. The first-order valence-electron chi connectivity index (χ1n) is 8.36. The van der Waals surface area contributed by atoms with Crippen LogP contribution >= 0.6 is 22.9 Å². The van der Waals surface area contributed by atoms with Crippen LogP contribution in [0.3, 0.4) is 0 Å². The molecule has 0 spiro atoms. The quantitative estimate of drug-likeness (QED) is 0.765. The Balaban J connectivity index is 1.66. The number of carbonyl (C=O) groups is 2. The molecule has 0 aliphatic heterocycles. The van der Waals surface area contributed by atoms with E-state index in [1.54, 1.807) is 19.1 Å². The Morgan fingerprint density at radius 2 is 2.04 bits per heavy atom. The summed E-state index contributed by atoms with van der Waals surface area (Å²) in [6.07, 6.45) is 2.22. The number of amides is 1. The van der Waals surface area contributed by atoms with Crippen LogP contribution in [0, 0.1) is 6.92 Å². The Kier molecular flexibility index (Phi) is 5.53. The highest BCUT2D eigenvalue weighted by Crippen LogP contribution is 2.32. The molecule has 5 nitrogen and oxygen atoms in total. The summed E-state index contributed by atoms with van der Waals surface area (Å²) >= 11 is 7.53. The van der Waals surface area contributed by atoms with Gasteiger partial charge in [0.1, 0.15) is 10.6 Å². The van der Waals surface area contributed by atoms with Gasteiger partial charge < -0.3 is 14.8 Å². The number of benzene rings is 1. The number of ether oxygens (including phenoxy) is 2. The molecule has 0 saturated heterocycles. The molecular formula is C19H20ClNO4S. The smallest absolute Gasteiger partial charge is 0.349 e. The second kappa shape index (κ2) is 7.68. The maximum atomic E-state index is 12.4. The standard InChI is InChI=1S/C19H20ClNO4S/c1-10-7-14(15(24-3)9-13(10)20)21-18(22)11(2)25-19(23)17-8-12-5-4-6-16(12)26-17/h7-9,11H,4-6H2,1-3H3,(H,21,22)/t11-/m0/s1. The number of carbonyl (C=O) groups excluding carboxylic acids is 2. The molecular weight excluding hydrogens is 374 g/mol. The fourth-order valence-corrected chi connectivity index (χ4v) is 4.16. The third kappa shape index (κ3) is 3.86. The molecule has 1 aromatic carbocycles. The molecule has 0 fully saturated rings. The molecule has 1 heterocycles. The number of fused-ring (bicyclic) bond motifs is 1. The van der Waals surface area contributed by atoms with Crippen molar-refractivity contribution in [1.29, 1.82) is 0 Å². The molecule has 0 bridgehead atoms. The normalized spacial score (nSPS) is 13.8. The first kappa shape index (κ1) is 18.7. The number of hydrogen-bond donors (Lipinski definition) is 1. The van der Waals surface area contributed by atoms with Crippen molar-refractivity contribution < 1.29 is 19.1 Å². The summed E-state index contributed by atoms with van der Waals surface area (Å²) in [5.74, 6) is -0.448. The number of aryl methyl sites for hydroxylation is 3. The lowest BCUT2D eigenvalue weighted by Crippen LogP contribution is -2.30. The van der Waals surface area contributed by atoms with Gasteiger partial charge in [-0.05, 0) is 56.4 Å². The largest absolute Gasteiger partial charge is 0.495 e. The Labute approximate surface area is 161 Å². The fraction of sp³-hybridized carbons (Fsp3) is 0.368. The van der Waals surface area contributed by atoms with Crippen LogP contribution in [0.2, 0.25) is 5.02 Å². The number of anilines is 1. The van der Waals surface area contributed by atoms with Gasteiger partial charge in [0.05, 0.1) is 12.8 Å².